The van der Waals surface area contributed by atoms with E-state index in [1.807, 2.05) is 0 Å². The van der Waals surface area contributed by atoms with Gasteiger partial charge in [-0.1, -0.05) is 6.07 Å². The van der Waals surface area contributed by atoms with E-state index in [0.717, 1.165) is 12.8 Å². The summed E-state index contributed by atoms with van der Waals surface area (Å²) in [4.78, 5) is 0. The van der Waals surface area contributed by atoms with Crippen LogP contribution >= 0.6 is 11.3 Å². The molecule has 5 heteroatoms. The number of rotatable bonds is 3. The van der Waals surface area contributed by atoms with Gasteiger partial charge in [0, 0.05) is 13.1 Å². The number of sulfonamides is 1. The Hall–Kier alpha value is -0.390. The van der Waals surface area contributed by atoms with E-state index < -0.39 is 10.0 Å². The van der Waals surface area contributed by atoms with Crippen molar-refractivity contribution in [3.63, 3.8) is 0 Å². The molecule has 1 aliphatic rings. The Kier molecular flexibility index (Phi) is 2.17. The summed E-state index contributed by atoms with van der Waals surface area (Å²) in [6, 6.07) is 3.66. The molecule has 13 heavy (non-hydrogen) atoms. The second-order valence-corrected chi connectivity index (χ2v) is 6.36. The fourth-order valence-electron chi connectivity index (χ4n) is 1.19. The first-order valence-corrected chi connectivity index (χ1v) is 6.46. The van der Waals surface area contributed by atoms with Crippen molar-refractivity contribution in [1.29, 1.82) is 0 Å². The molecule has 3 nitrogen and oxygen atoms in total. The lowest BCUT2D eigenvalue weighted by atomic mass is 10.7. The smallest absolute Gasteiger partial charge is 0.206 e. The van der Waals surface area contributed by atoms with Gasteiger partial charge in [0.1, 0.15) is 4.21 Å². The van der Waals surface area contributed by atoms with Crippen LogP contribution < -0.4 is 0 Å². The minimum Gasteiger partial charge on any atom is -0.206 e. The van der Waals surface area contributed by atoms with E-state index in [1.165, 1.54) is 15.6 Å². The molecule has 0 aliphatic heterocycles. The van der Waals surface area contributed by atoms with Crippen molar-refractivity contribution in [2.24, 2.45) is 0 Å². The highest BCUT2D eigenvalue weighted by molar-refractivity contribution is 7.91. The molecule has 0 aromatic carbocycles. The quantitative estimate of drug-likeness (QED) is 0.770. The van der Waals surface area contributed by atoms with Crippen LogP contribution in [0, 0.1) is 0 Å². The highest BCUT2D eigenvalue weighted by atomic mass is 32.2. The number of hydrogen-bond acceptors (Lipinski definition) is 3. The lowest BCUT2D eigenvalue weighted by Crippen LogP contribution is -2.28. The molecule has 0 N–H and O–H groups in total. The first-order chi connectivity index (χ1) is 6.12. The van der Waals surface area contributed by atoms with Crippen LogP contribution in [0.4, 0.5) is 0 Å². The molecule has 0 radical (unpaired) electrons. The zero-order valence-electron chi connectivity index (χ0n) is 7.30. The van der Waals surface area contributed by atoms with Crippen molar-refractivity contribution in [3.8, 4) is 0 Å². The monoisotopic (exact) mass is 217 g/mol. The minimum absolute atomic E-state index is 0.243. The second kappa shape index (κ2) is 3.08. The van der Waals surface area contributed by atoms with E-state index in [1.54, 1.807) is 24.6 Å². The average Bonchev–Trinajstić information content (AvgIpc) is 2.78. The second-order valence-electron chi connectivity index (χ2n) is 3.18. The van der Waals surface area contributed by atoms with Gasteiger partial charge in [0.25, 0.3) is 10.0 Å². The van der Waals surface area contributed by atoms with Crippen molar-refractivity contribution in [2.45, 2.75) is 23.1 Å². The third kappa shape index (κ3) is 1.63. The maximum atomic E-state index is 11.8. The highest BCUT2D eigenvalue weighted by Gasteiger charge is 2.35. The zero-order valence-corrected chi connectivity index (χ0v) is 8.94. The van der Waals surface area contributed by atoms with Gasteiger partial charge in [-0.15, -0.1) is 11.3 Å². The Bertz CT molecular complexity index is 378. The van der Waals surface area contributed by atoms with Crippen molar-refractivity contribution in [1.82, 2.24) is 4.31 Å². The van der Waals surface area contributed by atoms with Gasteiger partial charge in [0.15, 0.2) is 0 Å². The normalized spacial score (nSPS) is 18.0. The van der Waals surface area contributed by atoms with E-state index in [-0.39, 0.29) is 6.04 Å². The molecule has 1 saturated carbocycles. The average molecular weight is 217 g/mol. The molecule has 1 fully saturated rings. The standard InChI is InChI=1S/C8H11NO2S2/c1-9(7-4-5-7)13(10,11)8-3-2-6-12-8/h2-3,6-7H,4-5H2,1H3. The molecule has 0 atom stereocenters. The van der Waals surface area contributed by atoms with Crippen LogP contribution in [0.1, 0.15) is 12.8 Å². The molecule has 2 rings (SSSR count). The van der Waals surface area contributed by atoms with Crippen molar-refractivity contribution in [3.05, 3.63) is 17.5 Å². The number of thiophene rings is 1. The Balaban J connectivity index is 2.30. The predicted molar refractivity (Wildman–Crippen MR) is 52.3 cm³/mol. The van der Waals surface area contributed by atoms with E-state index in [9.17, 15) is 8.42 Å². The van der Waals surface area contributed by atoms with Crippen LogP contribution in [0.5, 0.6) is 0 Å². The van der Waals surface area contributed by atoms with Crippen molar-refractivity contribution >= 4 is 21.4 Å². The molecule has 1 heterocycles. The van der Waals surface area contributed by atoms with E-state index >= 15 is 0 Å². The summed E-state index contributed by atoms with van der Waals surface area (Å²) < 4.78 is 25.6. The van der Waals surface area contributed by atoms with Crippen LogP contribution in [-0.4, -0.2) is 25.8 Å². The molecule has 1 aromatic rings. The molecular weight excluding hydrogens is 206 g/mol. The lowest BCUT2D eigenvalue weighted by molar-refractivity contribution is 0.466. The Morgan fingerprint density at radius 3 is 2.69 bits per heavy atom. The summed E-state index contributed by atoms with van der Waals surface area (Å²) in [6.07, 6.45) is 2.00. The Morgan fingerprint density at radius 2 is 2.23 bits per heavy atom. The summed E-state index contributed by atoms with van der Waals surface area (Å²) >= 11 is 1.27. The SMILES string of the molecule is CN(C1CC1)S(=O)(=O)c1cccs1. The van der Waals surface area contributed by atoms with Crippen molar-refractivity contribution < 1.29 is 8.42 Å². The third-order valence-electron chi connectivity index (χ3n) is 2.19. The van der Waals surface area contributed by atoms with E-state index in [4.69, 9.17) is 0 Å². The Labute approximate surface area is 82.0 Å². The van der Waals surface area contributed by atoms with Gasteiger partial charge in [-0.25, -0.2) is 8.42 Å². The van der Waals surface area contributed by atoms with Gasteiger partial charge in [0.05, 0.1) is 0 Å². The summed E-state index contributed by atoms with van der Waals surface area (Å²) in [5, 5.41) is 1.79. The molecule has 0 spiro atoms. The van der Waals surface area contributed by atoms with E-state index in [2.05, 4.69) is 0 Å². The first kappa shape index (κ1) is 9.18. The molecule has 0 unspecified atom stereocenters. The van der Waals surface area contributed by atoms with Crippen LogP contribution in [0.15, 0.2) is 21.7 Å². The third-order valence-corrected chi connectivity index (χ3v) is 5.47. The Morgan fingerprint density at radius 1 is 1.54 bits per heavy atom. The lowest BCUT2D eigenvalue weighted by Gasteiger charge is -2.14. The van der Waals surface area contributed by atoms with Crippen LogP contribution in [0.3, 0.4) is 0 Å². The molecule has 0 amide bonds. The van der Waals surface area contributed by atoms with Gasteiger partial charge in [-0.05, 0) is 24.3 Å². The molecule has 1 aromatic heterocycles. The summed E-state index contributed by atoms with van der Waals surface area (Å²) in [7, 11) is -1.52. The van der Waals surface area contributed by atoms with Crippen LogP contribution in [0.2, 0.25) is 0 Å². The summed E-state index contributed by atoms with van der Waals surface area (Å²) in [5.41, 5.74) is 0. The fraction of sp³-hybridized carbons (Fsp3) is 0.500. The van der Waals surface area contributed by atoms with Gasteiger partial charge in [-0.2, -0.15) is 4.31 Å². The van der Waals surface area contributed by atoms with E-state index in [0.29, 0.717) is 4.21 Å². The van der Waals surface area contributed by atoms with Gasteiger partial charge in [0.2, 0.25) is 0 Å². The maximum Gasteiger partial charge on any atom is 0.252 e. The molecule has 1 aliphatic carbocycles. The van der Waals surface area contributed by atoms with Gasteiger partial charge < -0.3 is 0 Å². The van der Waals surface area contributed by atoms with Crippen molar-refractivity contribution in [2.75, 3.05) is 7.05 Å². The molecule has 0 bridgehead atoms. The summed E-state index contributed by atoms with van der Waals surface area (Å²) in [6.45, 7) is 0. The molecular formula is C8H11NO2S2. The number of hydrogen-bond donors (Lipinski definition) is 0. The summed E-state index contributed by atoms with van der Waals surface area (Å²) in [5.74, 6) is 0. The van der Waals surface area contributed by atoms with Crippen LogP contribution in [0.25, 0.3) is 0 Å². The minimum atomic E-state index is -3.18. The molecule has 72 valence electrons. The zero-order chi connectivity index (χ0) is 9.47. The topological polar surface area (TPSA) is 37.4 Å². The van der Waals surface area contributed by atoms with Crippen LogP contribution in [-0.2, 0) is 10.0 Å². The largest absolute Gasteiger partial charge is 0.252 e. The maximum absolute atomic E-state index is 11.8. The first-order valence-electron chi connectivity index (χ1n) is 4.14. The predicted octanol–water partition coefficient (Wildman–Crippen LogP) is 1.53. The molecule has 0 saturated heterocycles. The highest BCUT2D eigenvalue weighted by Crippen LogP contribution is 2.31. The van der Waals surface area contributed by atoms with Gasteiger partial charge in [-0.3, -0.25) is 0 Å². The number of nitrogens with zero attached hydrogens (tertiary/aromatic N) is 1. The fourth-order valence-corrected chi connectivity index (χ4v) is 3.78. The van der Waals surface area contributed by atoms with Gasteiger partial charge >= 0.3 is 0 Å².